The van der Waals surface area contributed by atoms with Crippen molar-refractivity contribution in [3.63, 3.8) is 0 Å². The average Bonchev–Trinajstić information content (AvgIpc) is 2.41. The lowest BCUT2D eigenvalue weighted by Crippen LogP contribution is -2.37. The third-order valence-electron chi connectivity index (χ3n) is 3.73. The van der Waals surface area contributed by atoms with Crippen LogP contribution in [-0.4, -0.2) is 11.8 Å². The molecule has 1 saturated carbocycles. The molecule has 1 aliphatic heterocycles. The summed E-state index contributed by atoms with van der Waals surface area (Å²) >= 11 is 0. The van der Waals surface area contributed by atoms with Gasteiger partial charge in [0.2, 0.25) is 11.8 Å². The first-order chi connectivity index (χ1) is 6.70. The van der Waals surface area contributed by atoms with Crippen molar-refractivity contribution >= 4 is 11.8 Å². The summed E-state index contributed by atoms with van der Waals surface area (Å²) < 4.78 is 0. The molecule has 78 valence electrons. The van der Waals surface area contributed by atoms with Gasteiger partial charge in [-0.15, -0.1) is 0 Å². The number of amides is 2. The molecule has 1 saturated heterocycles. The molecule has 0 bridgehead atoms. The molecule has 2 aliphatic rings. The van der Waals surface area contributed by atoms with Gasteiger partial charge in [-0.1, -0.05) is 26.2 Å². The lowest BCUT2D eigenvalue weighted by atomic mass is 9.65. The van der Waals surface area contributed by atoms with Crippen LogP contribution < -0.4 is 5.32 Å². The number of hydrogen-bond acceptors (Lipinski definition) is 2. The SMILES string of the molecule is CCCC12CCCCC1C(=O)NC2=O. The Kier molecular flexibility index (Phi) is 2.33. The number of hydrogen-bond donors (Lipinski definition) is 1. The standard InChI is InChI=1S/C11H17NO2/c1-2-6-11-7-4-3-5-8(11)9(13)12-10(11)14/h8H,2-7H2,1H3,(H,12,13,14). The van der Waals surface area contributed by atoms with Gasteiger partial charge in [0.1, 0.15) is 0 Å². The van der Waals surface area contributed by atoms with Gasteiger partial charge in [-0.25, -0.2) is 0 Å². The van der Waals surface area contributed by atoms with Crippen LogP contribution in [-0.2, 0) is 9.59 Å². The van der Waals surface area contributed by atoms with E-state index in [9.17, 15) is 9.59 Å². The van der Waals surface area contributed by atoms with Gasteiger partial charge in [-0.05, 0) is 19.3 Å². The summed E-state index contributed by atoms with van der Waals surface area (Å²) in [5.41, 5.74) is -0.329. The van der Waals surface area contributed by atoms with E-state index >= 15 is 0 Å². The molecule has 2 amide bonds. The molecule has 0 spiro atoms. The Labute approximate surface area is 84.2 Å². The van der Waals surface area contributed by atoms with Crippen molar-refractivity contribution in [2.45, 2.75) is 45.4 Å². The maximum Gasteiger partial charge on any atom is 0.233 e. The Morgan fingerprint density at radius 1 is 1.43 bits per heavy atom. The molecule has 14 heavy (non-hydrogen) atoms. The lowest BCUT2D eigenvalue weighted by Gasteiger charge is -2.34. The number of imide groups is 1. The van der Waals surface area contributed by atoms with Crippen molar-refractivity contribution in [2.75, 3.05) is 0 Å². The Hall–Kier alpha value is -0.860. The molecule has 1 aliphatic carbocycles. The minimum Gasteiger partial charge on any atom is -0.296 e. The van der Waals surface area contributed by atoms with Crippen molar-refractivity contribution in [1.29, 1.82) is 0 Å². The zero-order valence-corrected chi connectivity index (χ0v) is 8.64. The Balaban J connectivity index is 2.30. The minimum atomic E-state index is -0.329. The van der Waals surface area contributed by atoms with E-state index in [1.165, 1.54) is 0 Å². The molecule has 1 N–H and O–H groups in total. The van der Waals surface area contributed by atoms with Crippen LogP contribution in [0.25, 0.3) is 0 Å². The smallest absolute Gasteiger partial charge is 0.233 e. The zero-order chi connectivity index (χ0) is 10.2. The molecule has 2 rings (SSSR count). The molecule has 1 heterocycles. The van der Waals surface area contributed by atoms with Gasteiger partial charge in [0.15, 0.2) is 0 Å². The summed E-state index contributed by atoms with van der Waals surface area (Å²) in [4.78, 5) is 23.4. The highest BCUT2D eigenvalue weighted by atomic mass is 16.2. The maximum absolute atomic E-state index is 11.8. The molecule has 0 aromatic heterocycles. The Morgan fingerprint density at radius 2 is 2.21 bits per heavy atom. The number of carbonyl (C=O) groups excluding carboxylic acids is 2. The fourth-order valence-electron chi connectivity index (χ4n) is 3.08. The summed E-state index contributed by atoms with van der Waals surface area (Å²) in [5.74, 6) is -0.0547. The van der Waals surface area contributed by atoms with Gasteiger partial charge in [0.25, 0.3) is 0 Å². The molecule has 2 unspecified atom stereocenters. The molecule has 0 aromatic carbocycles. The third kappa shape index (κ3) is 1.18. The molecule has 0 aromatic rings. The largest absolute Gasteiger partial charge is 0.296 e. The van der Waals surface area contributed by atoms with Crippen LogP contribution in [0.4, 0.5) is 0 Å². The second-order valence-corrected chi connectivity index (χ2v) is 4.52. The average molecular weight is 195 g/mol. The van der Waals surface area contributed by atoms with E-state index in [0.717, 1.165) is 38.5 Å². The second kappa shape index (κ2) is 3.37. The van der Waals surface area contributed by atoms with Gasteiger partial charge in [0, 0.05) is 0 Å². The predicted octanol–water partition coefficient (Wildman–Crippen LogP) is 1.62. The van der Waals surface area contributed by atoms with E-state index in [2.05, 4.69) is 12.2 Å². The first kappa shape index (κ1) is 9.69. The minimum absolute atomic E-state index is 0.00551. The monoisotopic (exact) mass is 195 g/mol. The van der Waals surface area contributed by atoms with Crippen LogP contribution in [0.1, 0.15) is 45.4 Å². The molecule has 2 atom stereocenters. The Bertz CT molecular complexity index is 270. The van der Waals surface area contributed by atoms with Gasteiger partial charge in [-0.2, -0.15) is 0 Å². The normalized spacial score (nSPS) is 36.8. The number of fused-ring (bicyclic) bond motifs is 1. The highest BCUT2D eigenvalue weighted by molar-refractivity contribution is 6.07. The first-order valence-electron chi connectivity index (χ1n) is 5.56. The fraction of sp³-hybridized carbons (Fsp3) is 0.818. The molecule has 0 radical (unpaired) electrons. The van der Waals surface area contributed by atoms with E-state index < -0.39 is 0 Å². The predicted molar refractivity (Wildman–Crippen MR) is 52.4 cm³/mol. The van der Waals surface area contributed by atoms with Crippen molar-refractivity contribution in [3.05, 3.63) is 0 Å². The zero-order valence-electron chi connectivity index (χ0n) is 8.64. The van der Waals surface area contributed by atoms with E-state index in [1.807, 2.05) is 0 Å². The van der Waals surface area contributed by atoms with E-state index in [-0.39, 0.29) is 23.1 Å². The summed E-state index contributed by atoms with van der Waals surface area (Å²) in [6.45, 7) is 2.08. The number of carbonyl (C=O) groups is 2. The highest BCUT2D eigenvalue weighted by Crippen LogP contribution is 2.48. The van der Waals surface area contributed by atoms with E-state index in [0.29, 0.717) is 0 Å². The van der Waals surface area contributed by atoms with Crippen LogP contribution in [0.5, 0.6) is 0 Å². The fourth-order valence-corrected chi connectivity index (χ4v) is 3.08. The molecule has 3 nitrogen and oxygen atoms in total. The summed E-state index contributed by atoms with van der Waals surface area (Å²) in [6, 6.07) is 0. The van der Waals surface area contributed by atoms with E-state index in [4.69, 9.17) is 0 Å². The summed E-state index contributed by atoms with van der Waals surface area (Å²) in [6.07, 6.45) is 5.85. The third-order valence-corrected chi connectivity index (χ3v) is 3.73. The van der Waals surface area contributed by atoms with Crippen molar-refractivity contribution in [1.82, 2.24) is 5.32 Å². The van der Waals surface area contributed by atoms with Crippen molar-refractivity contribution in [3.8, 4) is 0 Å². The maximum atomic E-state index is 11.8. The number of nitrogens with one attached hydrogen (secondary N) is 1. The first-order valence-corrected chi connectivity index (χ1v) is 5.56. The molecule has 3 heteroatoms. The van der Waals surface area contributed by atoms with Crippen LogP contribution in [0.3, 0.4) is 0 Å². The molecular weight excluding hydrogens is 178 g/mol. The summed E-state index contributed by atoms with van der Waals surface area (Å²) in [7, 11) is 0. The van der Waals surface area contributed by atoms with Crippen LogP contribution in [0, 0.1) is 11.3 Å². The molecule has 2 fully saturated rings. The topological polar surface area (TPSA) is 46.2 Å². The van der Waals surface area contributed by atoms with Crippen molar-refractivity contribution in [2.24, 2.45) is 11.3 Å². The van der Waals surface area contributed by atoms with Crippen LogP contribution in [0.2, 0.25) is 0 Å². The quantitative estimate of drug-likeness (QED) is 0.680. The second-order valence-electron chi connectivity index (χ2n) is 4.52. The van der Waals surface area contributed by atoms with Crippen LogP contribution in [0.15, 0.2) is 0 Å². The van der Waals surface area contributed by atoms with Gasteiger partial charge in [-0.3, -0.25) is 14.9 Å². The van der Waals surface area contributed by atoms with Gasteiger partial charge >= 0.3 is 0 Å². The van der Waals surface area contributed by atoms with Crippen LogP contribution >= 0.6 is 0 Å². The summed E-state index contributed by atoms with van der Waals surface area (Å²) in [5, 5.41) is 2.51. The van der Waals surface area contributed by atoms with Crippen molar-refractivity contribution < 1.29 is 9.59 Å². The van der Waals surface area contributed by atoms with Gasteiger partial charge < -0.3 is 0 Å². The van der Waals surface area contributed by atoms with Gasteiger partial charge in [0.05, 0.1) is 11.3 Å². The highest BCUT2D eigenvalue weighted by Gasteiger charge is 2.54. The number of rotatable bonds is 2. The Morgan fingerprint density at radius 3 is 2.93 bits per heavy atom. The molecular formula is C11H17NO2. The lowest BCUT2D eigenvalue weighted by molar-refractivity contribution is -0.131. The van der Waals surface area contributed by atoms with E-state index in [1.54, 1.807) is 0 Å².